The molecule has 1 aromatic carbocycles. The standard InChI is InChI=1S/C14H10BrN3O/c15-10-6-2-1-5-9(10)13-12(14(16)19-18-13)11-7-3-4-8-17-11/h1-8H,16H2. The molecule has 0 aliphatic carbocycles. The number of hydrogen-bond acceptors (Lipinski definition) is 4. The third kappa shape index (κ3) is 2.13. The number of rotatable bonds is 2. The van der Waals surface area contributed by atoms with E-state index in [4.69, 9.17) is 10.3 Å². The summed E-state index contributed by atoms with van der Waals surface area (Å²) in [4.78, 5) is 4.30. The molecular formula is C14H10BrN3O. The highest BCUT2D eigenvalue weighted by Crippen LogP contribution is 2.37. The van der Waals surface area contributed by atoms with Crippen molar-refractivity contribution < 1.29 is 4.52 Å². The fourth-order valence-corrected chi connectivity index (χ4v) is 2.37. The van der Waals surface area contributed by atoms with Crippen molar-refractivity contribution in [3.8, 4) is 22.5 Å². The molecular weight excluding hydrogens is 306 g/mol. The second kappa shape index (κ2) is 4.85. The zero-order valence-electron chi connectivity index (χ0n) is 9.88. The average Bonchev–Trinajstić information content (AvgIpc) is 2.82. The van der Waals surface area contributed by atoms with Gasteiger partial charge >= 0.3 is 0 Å². The zero-order chi connectivity index (χ0) is 13.2. The van der Waals surface area contributed by atoms with E-state index in [0.717, 1.165) is 15.7 Å². The molecule has 2 heterocycles. The van der Waals surface area contributed by atoms with Crippen molar-refractivity contribution in [1.82, 2.24) is 10.1 Å². The van der Waals surface area contributed by atoms with Crippen LogP contribution in [-0.2, 0) is 0 Å². The van der Waals surface area contributed by atoms with Crippen LogP contribution >= 0.6 is 15.9 Å². The van der Waals surface area contributed by atoms with Gasteiger partial charge in [0.15, 0.2) is 0 Å². The van der Waals surface area contributed by atoms with Gasteiger partial charge in [0, 0.05) is 16.2 Å². The fraction of sp³-hybridized carbons (Fsp3) is 0. The minimum absolute atomic E-state index is 0.268. The lowest BCUT2D eigenvalue weighted by atomic mass is 10.0. The third-order valence-electron chi connectivity index (χ3n) is 2.77. The number of nitrogen functional groups attached to an aromatic ring is 1. The van der Waals surface area contributed by atoms with Crippen LogP contribution in [0.1, 0.15) is 0 Å². The van der Waals surface area contributed by atoms with Gasteiger partial charge in [0.25, 0.3) is 0 Å². The molecule has 0 spiro atoms. The van der Waals surface area contributed by atoms with Crippen molar-refractivity contribution in [3.05, 3.63) is 53.1 Å². The van der Waals surface area contributed by atoms with Crippen molar-refractivity contribution in [2.75, 3.05) is 5.73 Å². The topological polar surface area (TPSA) is 64.9 Å². The highest BCUT2D eigenvalue weighted by atomic mass is 79.9. The molecule has 3 aromatic rings. The lowest BCUT2D eigenvalue weighted by molar-refractivity contribution is 0.439. The molecule has 0 saturated carbocycles. The van der Waals surface area contributed by atoms with Crippen LogP contribution in [0.3, 0.4) is 0 Å². The first-order valence-corrected chi connectivity index (χ1v) is 6.48. The zero-order valence-corrected chi connectivity index (χ0v) is 11.5. The Hall–Kier alpha value is -2.14. The molecule has 0 atom stereocenters. The lowest BCUT2D eigenvalue weighted by Crippen LogP contribution is -1.90. The Morgan fingerprint density at radius 2 is 1.84 bits per heavy atom. The van der Waals surface area contributed by atoms with Gasteiger partial charge in [-0.1, -0.05) is 45.4 Å². The number of aromatic nitrogens is 2. The smallest absolute Gasteiger partial charge is 0.232 e. The maximum Gasteiger partial charge on any atom is 0.232 e. The second-order valence-corrected chi connectivity index (χ2v) is 4.82. The monoisotopic (exact) mass is 315 g/mol. The summed E-state index contributed by atoms with van der Waals surface area (Å²) < 4.78 is 6.06. The Morgan fingerprint density at radius 3 is 2.58 bits per heavy atom. The number of halogens is 1. The third-order valence-corrected chi connectivity index (χ3v) is 3.46. The van der Waals surface area contributed by atoms with E-state index in [1.807, 2.05) is 42.5 Å². The van der Waals surface area contributed by atoms with E-state index in [0.29, 0.717) is 11.3 Å². The Kier molecular flexibility index (Phi) is 3.05. The fourth-order valence-electron chi connectivity index (χ4n) is 1.90. The van der Waals surface area contributed by atoms with Gasteiger partial charge in [-0.3, -0.25) is 4.98 Å². The Balaban J connectivity index is 2.23. The van der Waals surface area contributed by atoms with Crippen molar-refractivity contribution in [2.24, 2.45) is 0 Å². The number of nitrogens with two attached hydrogens (primary N) is 1. The van der Waals surface area contributed by atoms with Gasteiger partial charge in [0.2, 0.25) is 5.88 Å². The van der Waals surface area contributed by atoms with E-state index in [9.17, 15) is 0 Å². The summed E-state index contributed by atoms with van der Waals surface area (Å²) in [5.41, 5.74) is 8.94. The van der Waals surface area contributed by atoms with Gasteiger partial charge in [-0.2, -0.15) is 0 Å². The van der Waals surface area contributed by atoms with Crippen LogP contribution in [0.2, 0.25) is 0 Å². The number of hydrogen-bond donors (Lipinski definition) is 1. The summed E-state index contributed by atoms with van der Waals surface area (Å²) in [6.45, 7) is 0. The van der Waals surface area contributed by atoms with E-state index in [2.05, 4.69) is 26.1 Å². The van der Waals surface area contributed by atoms with Gasteiger partial charge in [-0.25, -0.2) is 0 Å². The molecule has 0 amide bonds. The molecule has 5 heteroatoms. The largest absolute Gasteiger partial charge is 0.367 e. The molecule has 0 aliphatic rings. The minimum atomic E-state index is 0.268. The molecule has 2 N–H and O–H groups in total. The van der Waals surface area contributed by atoms with Gasteiger partial charge in [0.1, 0.15) is 5.69 Å². The molecule has 94 valence electrons. The molecule has 0 fully saturated rings. The van der Waals surface area contributed by atoms with Gasteiger partial charge in [0.05, 0.1) is 11.3 Å². The van der Waals surface area contributed by atoms with Gasteiger partial charge in [-0.15, -0.1) is 0 Å². The normalized spacial score (nSPS) is 10.6. The van der Waals surface area contributed by atoms with Crippen LogP contribution in [0.4, 0.5) is 5.88 Å². The molecule has 0 radical (unpaired) electrons. The first-order chi connectivity index (χ1) is 9.27. The predicted octanol–water partition coefficient (Wildman–Crippen LogP) is 3.75. The first kappa shape index (κ1) is 11.9. The average molecular weight is 316 g/mol. The van der Waals surface area contributed by atoms with Crippen molar-refractivity contribution in [1.29, 1.82) is 0 Å². The number of pyridine rings is 1. The summed E-state index contributed by atoms with van der Waals surface area (Å²) in [5, 5.41) is 4.05. The van der Waals surface area contributed by atoms with E-state index in [-0.39, 0.29) is 5.88 Å². The lowest BCUT2D eigenvalue weighted by Gasteiger charge is -2.03. The predicted molar refractivity (Wildman–Crippen MR) is 77.3 cm³/mol. The molecule has 0 bridgehead atoms. The first-order valence-electron chi connectivity index (χ1n) is 5.69. The molecule has 19 heavy (non-hydrogen) atoms. The summed E-state index contributed by atoms with van der Waals surface area (Å²) in [6, 6.07) is 13.4. The minimum Gasteiger partial charge on any atom is -0.367 e. The number of nitrogens with zero attached hydrogens (tertiary/aromatic N) is 2. The summed E-state index contributed by atoms with van der Waals surface area (Å²) in [5.74, 6) is 0.268. The van der Waals surface area contributed by atoms with Crippen LogP contribution in [-0.4, -0.2) is 10.1 Å². The van der Waals surface area contributed by atoms with Crippen LogP contribution in [0.15, 0.2) is 57.7 Å². The summed E-state index contributed by atoms with van der Waals surface area (Å²) in [6.07, 6.45) is 1.71. The SMILES string of the molecule is Nc1onc(-c2ccccc2Br)c1-c1ccccn1. The highest BCUT2D eigenvalue weighted by Gasteiger charge is 2.19. The molecule has 0 aliphatic heterocycles. The summed E-state index contributed by atoms with van der Waals surface area (Å²) >= 11 is 3.51. The number of benzene rings is 1. The highest BCUT2D eigenvalue weighted by molar-refractivity contribution is 9.10. The van der Waals surface area contributed by atoms with Crippen LogP contribution in [0.5, 0.6) is 0 Å². The Bertz CT molecular complexity index is 710. The van der Waals surface area contributed by atoms with Crippen LogP contribution in [0, 0.1) is 0 Å². The molecule has 0 unspecified atom stereocenters. The molecule has 2 aromatic heterocycles. The van der Waals surface area contributed by atoms with Gasteiger partial charge < -0.3 is 10.3 Å². The van der Waals surface area contributed by atoms with Crippen LogP contribution < -0.4 is 5.73 Å². The maximum absolute atomic E-state index is 5.88. The quantitative estimate of drug-likeness (QED) is 0.782. The maximum atomic E-state index is 5.88. The molecule has 0 saturated heterocycles. The van der Waals surface area contributed by atoms with E-state index in [1.165, 1.54) is 0 Å². The molecule has 3 rings (SSSR count). The van der Waals surface area contributed by atoms with Crippen molar-refractivity contribution >= 4 is 21.8 Å². The second-order valence-electron chi connectivity index (χ2n) is 3.97. The van der Waals surface area contributed by atoms with Crippen molar-refractivity contribution in [2.45, 2.75) is 0 Å². The van der Waals surface area contributed by atoms with Gasteiger partial charge in [-0.05, 0) is 18.2 Å². The Labute approximate surface area is 118 Å². The van der Waals surface area contributed by atoms with E-state index in [1.54, 1.807) is 6.20 Å². The van der Waals surface area contributed by atoms with Crippen molar-refractivity contribution in [3.63, 3.8) is 0 Å². The Morgan fingerprint density at radius 1 is 1.05 bits per heavy atom. The van der Waals surface area contributed by atoms with E-state index >= 15 is 0 Å². The van der Waals surface area contributed by atoms with E-state index < -0.39 is 0 Å². The summed E-state index contributed by atoms with van der Waals surface area (Å²) in [7, 11) is 0. The molecule has 4 nitrogen and oxygen atoms in total. The van der Waals surface area contributed by atoms with Crippen LogP contribution in [0.25, 0.3) is 22.5 Å². The number of anilines is 1.